The Balaban J connectivity index is 1.30. The molecule has 0 bridgehead atoms. The minimum absolute atomic E-state index is 0.697. The van der Waals surface area contributed by atoms with Gasteiger partial charge in [-0.3, -0.25) is 4.90 Å². The molecule has 0 spiro atoms. The highest BCUT2D eigenvalue weighted by atomic mass is 32.1. The summed E-state index contributed by atoms with van der Waals surface area (Å²) in [6, 6.07) is 12.6. The van der Waals surface area contributed by atoms with Crippen LogP contribution in [-0.4, -0.2) is 38.5 Å². The van der Waals surface area contributed by atoms with E-state index >= 15 is 0 Å². The Labute approximate surface area is 179 Å². The van der Waals surface area contributed by atoms with Gasteiger partial charge in [0.05, 0.1) is 18.4 Å². The molecule has 0 saturated heterocycles. The van der Waals surface area contributed by atoms with Crippen LogP contribution in [0.2, 0.25) is 0 Å². The fourth-order valence-electron chi connectivity index (χ4n) is 3.74. The van der Waals surface area contributed by atoms with Gasteiger partial charge in [-0.25, -0.2) is 19.9 Å². The summed E-state index contributed by atoms with van der Waals surface area (Å²) < 4.78 is 5.51. The van der Waals surface area contributed by atoms with Gasteiger partial charge in [-0.1, -0.05) is 12.1 Å². The van der Waals surface area contributed by atoms with E-state index in [-0.39, 0.29) is 0 Å². The first-order chi connectivity index (χ1) is 14.8. The maximum atomic E-state index is 5.51. The van der Waals surface area contributed by atoms with Gasteiger partial charge in [0, 0.05) is 65.5 Å². The van der Waals surface area contributed by atoms with E-state index in [2.05, 4.69) is 44.1 Å². The molecule has 30 heavy (non-hydrogen) atoms. The molecule has 0 unspecified atom stereocenters. The molecule has 0 atom stereocenters. The van der Waals surface area contributed by atoms with Crippen molar-refractivity contribution in [1.29, 1.82) is 0 Å². The molecule has 1 aliphatic rings. The van der Waals surface area contributed by atoms with E-state index in [0.717, 1.165) is 48.6 Å². The van der Waals surface area contributed by atoms with Gasteiger partial charge in [-0.05, 0) is 24.3 Å². The molecule has 7 heteroatoms. The number of aromatic nitrogens is 4. The summed E-state index contributed by atoms with van der Waals surface area (Å²) in [6.45, 7) is 2.77. The molecule has 3 aromatic heterocycles. The van der Waals surface area contributed by atoms with Crippen LogP contribution in [0.15, 0.2) is 61.3 Å². The second-order valence-electron chi connectivity index (χ2n) is 7.22. The van der Waals surface area contributed by atoms with Crippen molar-refractivity contribution in [2.45, 2.75) is 19.5 Å². The SMILES string of the molecule is COc1ccccc1-c1ccc(CN2CCc3nc(-c4cncnc4)ncc3C2)s1. The van der Waals surface area contributed by atoms with Crippen molar-refractivity contribution in [3.05, 3.63) is 77.5 Å². The van der Waals surface area contributed by atoms with Crippen molar-refractivity contribution < 1.29 is 4.74 Å². The Morgan fingerprint density at radius 2 is 1.93 bits per heavy atom. The monoisotopic (exact) mass is 415 g/mol. The topological polar surface area (TPSA) is 64.0 Å². The third kappa shape index (κ3) is 3.81. The second kappa shape index (κ2) is 8.30. The maximum Gasteiger partial charge on any atom is 0.162 e. The van der Waals surface area contributed by atoms with E-state index in [0.29, 0.717) is 5.82 Å². The molecule has 150 valence electrons. The molecular weight excluding hydrogens is 394 g/mol. The summed E-state index contributed by atoms with van der Waals surface area (Å²) in [5, 5.41) is 0. The summed E-state index contributed by atoms with van der Waals surface area (Å²) in [7, 11) is 1.72. The summed E-state index contributed by atoms with van der Waals surface area (Å²) in [5.41, 5.74) is 4.32. The summed E-state index contributed by atoms with van der Waals surface area (Å²) >= 11 is 1.82. The number of thiophene rings is 1. The average Bonchev–Trinajstić information content (AvgIpc) is 3.27. The summed E-state index contributed by atoms with van der Waals surface area (Å²) in [4.78, 5) is 22.5. The molecule has 1 aliphatic heterocycles. The number of rotatable bonds is 5. The fraction of sp³-hybridized carbons (Fsp3) is 0.217. The lowest BCUT2D eigenvalue weighted by Gasteiger charge is -2.27. The highest BCUT2D eigenvalue weighted by Crippen LogP contribution is 2.35. The van der Waals surface area contributed by atoms with E-state index in [9.17, 15) is 0 Å². The Kier molecular flexibility index (Phi) is 5.21. The average molecular weight is 416 g/mol. The molecule has 0 saturated carbocycles. The lowest BCUT2D eigenvalue weighted by molar-refractivity contribution is 0.245. The molecule has 1 aromatic carbocycles. The van der Waals surface area contributed by atoms with E-state index < -0.39 is 0 Å². The number of hydrogen-bond acceptors (Lipinski definition) is 7. The van der Waals surface area contributed by atoms with Crippen LogP contribution in [0.25, 0.3) is 21.8 Å². The number of benzene rings is 1. The highest BCUT2D eigenvalue weighted by molar-refractivity contribution is 7.15. The largest absolute Gasteiger partial charge is 0.496 e. The normalized spacial score (nSPS) is 13.8. The zero-order valence-corrected chi connectivity index (χ0v) is 17.5. The van der Waals surface area contributed by atoms with Crippen LogP contribution in [0, 0.1) is 0 Å². The zero-order chi connectivity index (χ0) is 20.3. The van der Waals surface area contributed by atoms with Crippen molar-refractivity contribution >= 4 is 11.3 Å². The van der Waals surface area contributed by atoms with Gasteiger partial charge in [-0.2, -0.15) is 0 Å². The highest BCUT2D eigenvalue weighted by Gasteiger charge is 2.20. The van der Waals surface area contributed by atoms with Crippen molar-refractivity contribution in [2.24, 2.45) is 0 Å². The minimum atomic E-state index is 0.697. The standard InChI is InChI=1S/C23H21N5OS/c1-29-21-5-3-2-4-19(21)22-7-6-18(30-22)14-28-9-8-20-17(13-28)12-26-23(27-20)16-10-24-15-25-11-16/h2-7,10-12,15H,8-9,13-14H2,1H3. The van der Waals surface area contributed by atoms with Gasteiger partial charge in [0.15, 0.2) is 5.82 Å². The number of hydrogen-bond donors (Lipinski definition) is 0. The smallest absolute Gasteiger partial charge is 0.162 e. The van der Waals surface area contributed by atoms with Crippen LogP contribution < -0.4 is 4.74 Å². The quantitative estimate of drug-likeness (QED) is 0.486. The van der Waals surface area contributed by atoms with E-state index in [4.69, 9.17) is 9.72 Å². The molecule has 0 fully saturated rings. The zero-order valence-electron chi connectivity index (χ0n) is 16.7. The van der Waals surface area contributed by atoms with Crippen molar-refractivity contribution in [2.75, 3.05) is 13.7 Å². The van der Waals surface area contributed by atoms with Crippen molar-refractivity contribution in [3.63, 3.8) is 0 Å². The molecule has 5 rings (SSSR count). The first-order valence-corrected chi connectivity index (χ1v) is 10.7. The van der Waals surface area contributed by atoms with Gasteiger partial charge in [0.1, 0.15) is 12.1 Å². The second-order valence-corrected chi connectivity index (χ2v) is 8.39. The number of para-hydroxylation sites is 1. The van der Waals surface area contributed by atoms with Crippen molar-refractivity contribution in [1.82, 2.24) is 24.8 Å². The number of fused-ring (bicyclic) bond motifs is 1. The summed E-state index contributed by atoms with van der Waals surface area (Å²) in [5.74, 6) is 1.61. The minimum Gasteiger partial charge on any atom is -0.496 e. The summed E-state index contributed by atoms with van der Waals surface area (Å²) in [6.07, 6.45) is 7.89. The molecule has 6 nitrogen and oxygen atoms in total. The van der Waals surface area contributed by atoms with Crippen LogP contribution in [-0.2, 0) is 19.5 Å². The van der Waals surface area contributed by atoms with Crippen LogP contribution >= 0.6 is 11.3 Å². The lowest BCUT2D eigenvalue weighted by Crippen LogP contribution is -2.30. The van der Waals surface area contributed by atoms with Gasteiger partial charge < -0.3 is 4.74 Å². The Hall–Kier alpha value is -3.16. The number of ether oxygens (including phenoxy) is 1. The fourth-order valence-corrected chi connectivity index (χ4v) is 4.82. The number of methoxy groups -OCH3 is 1. The van der Waals surface area contributed by atoms with Crippen LogP contribution in [0.1, 0.15) is 16.1 Å². The molecule has 0 amide bonds. The van der Waals surface area contributed by atoms with Crippen LogP contribution in [0.5, 0.6) is 5.75 Å². The molecule has 0 aliphatic carbocycles. The molecule has 4 aromatic rings. The maximum absolute atomic E-state index is 5.51. The van der Waals surface area contributed by atoms with Gasteiger partial charge >= 0.3 is 0 Å². The van der Waals surface area contributed by atoms with Gasteiger partial charge in [0.25, 0.3) is 0 Å². The molecule has 0 N–H and O–H groups in total. The molecule has 0 radical (unpaired) electrons. The first-order valence-electron chi connectivity index (χ1n) is 9.85. The third-order valence-corrected chi connectivity index (χ3v) is 6.35. The Morgan fingerprint density at radius 1 is 1.07 bits per heavy atom. The van der Waals surface area contributed by atoms with Gasteiger partial charge in [0.2, 0.25) is 0 Å². The molecular formula is C23H21N5OS. The van der Waals surface area contributed by atoms with Crippen LogP contribution in [0.3, 0.4) is 0 Å². The van der Waals surface area contributed by atoms with Crippen molar-refractivity contribution in [3.8, 4) is 27.6 Å². The lowest BCUT2D eigenvalue weighted by atomic mass is 10.1. The first kappa shape index (κ1) is 18.8. The van der Waals surface area contributed by atoms with E-state index in [1.807, 2.05) is 29.7 Å². The van der Waals surface area contributed by atoms with Crippen LogP contribution in [0.4, 0.5) is 0 Å². The predicted molar refractivity (Wildman–Crippen MR) is 117 cm³/mol. The Bertz CT molecular complexity index is 1160. The molecule has 4 heterocycles. The predicted octanol–water partition coefficient (Wildman–Crippen LogP) is 4.23. The van der Waals surface area contributed by atoms with Gasteiger partial charge in [-0.15, -0.1) is 11.3 Å². The number of nitrogens with zero attached hydrogens (tertiary/aromatic N) is 5. The Morgan fingerprint density at radius 3 is 2.80 bits per heavy atom. The van der Waals surface area contributed by atoms with E-state index in [1.54, 1.807) is 19.5 Å². The third-order valence-electron chi connectivity index (χ3n) is 5.25. The van der Waals surface area contributed by atoms with E-state index in [1.165, 1.54) is 21.6 Å².